The first-order chi connectivity index (χ1) is 10.4. The lowest BCUT2D eigenvalue weighted by Gasteiger charge is -2.41. The lowest BCUT2D eigenvalue weighted by atomic mass is 9.98. The van der Waals surface area contributed by atoms with Crippen molar-refractivity contribution >= 4 is 5.91 Å². The molecule has 0 aromatic carbocycles. The van der Waals surface area contributed by atoms with Crippen LogP contribution in [0.1, 0.15) is 47.5 Å². The van der Waals surface area contributed by atoms with Crippen molar-refractivity contribution in [3.63, 3.8) is 0 Å². The van der Waals surface area contributed by atoms with Crippen molar-refractivity contribution < 1.29 is 14.3 Å². The zero-order chi connectivity index (χ0) is 16.3. The second kappa shape index (κ2) is 7.75. The number of rotatable bonds is 5. The predicted molar refractivity (Wildman–Crippen MR) is 86.8 cm³/mol. The number of amides is 1. The summed E-state index contributed by atoms with van der Waals surface area (Å²) in [4.78, 5) is 15.1. The molecule has 5 heteroatoms. The largest absolute Gasteiger partial charge is 0.376 e. The summed E-state index contributed by atoms with van der Waals surface area (Å²) in [5, 5.41) is 3.18. The highest BCUT2D eigenvalue weighted by atomic mass is 16.5. The van der Waals surface area contributed by atoms with Gasteiger partial charge in [0.1, 0.15) is 0 Å². The normalized spacial score (nSPS) is 32.9. The molecule has 2 aliphatic heterocycles. The molecule has 1 amide bonds. The van der Waals surface area contributed by atoms with Gasteiger partial charge in [0.15, 0.2) is 0 Å². The SMILES string of the molecule is CC1CN(C(C(=O)NC(C)C2CCCO2)C(C)C)CC(C)O1. The van der Waals surface area contributed by atoms with Crippen LogP contribution in [0.4, 0.5) is 0 Å². The standard InChI is InChI=1S/C17H32N2O3/c1-11(2)16(19-9-12(3)22-13(4)10-19)17(20)18-14(5)15-7-6-8-21-15/h11-16H,6-10H2,1-5H3,(H,18,20). The van der Waals surface area contributed by atoms with Gasteiger partial charge < -0.3 is 14.8 Å². The van der Waals surface area contributed by atoms with Gasteiger partial charge in [-0.2, -0.15) is 0 Å². The molecular formula is C17H32N2O3. The average Bonchev–Trinajstić information content (AvgIpc) is 2.90. The zero-order valence-electron chi connectivity index (χ0n) is 14.7. The summed E-state index contributed by atoms with van der Waals surface area (Å²) in [6.07, 6.45) is 2.65. The third kappa shape index (κ3) is 4.43. The fourth-order valence-corrected chi connectivity index (χ4v) is 3.73. The van der Waals surface area contributed by atoms with Crippen LogP contribution in [0.5, 0.6) is 0 Å². The van der Waals surface area contributed by atoms with Gasteiger partial charge in [-0.1, -0.05) is 13.8 Å². The van der Waals surface area contributed by atoms with Gasteiger partial charge in [0.2, 0.25) is 5.91 Å². The van der Waals surface area contributed by atoms with Crippen LogP contribution in [0, 0.1) is 5.92 Å². The van der Waals surface area contributed by atoms with Crippen molar-refractivity contribution in [2.45, 2.75) is 77.9 Å². The molecule has 5 atom stereocenters. The number of carbonyl (C=O) groups excluding carboxylic acids is 1. The van der Waals surface area contributed by atoms with E-state index in [2.05, 4.69) is 44.8 Å². The van der Waals surface area contributed by atoms with E-state index >= 15 is 0 Å². The Balaban J connectivity index is 1.98. The molecule has 5 nitrogen and oxygen atoms in total. The molecule has 2 rings (SSSR count). The fourth-order valence-electron chi connectivity index (χ4n) is 3.73. The van der Waals surface area contributed by atoms with Crippen molar-refractivity contribution in [2.75, 3.05) is 19.7 Å². The minimum absolute atomic E-state index is 0.0761. The Labute approximate surface area is 134 Å². The van der Waals surface area contributed by atoms with Crippen LogP contribution in [0.2, 0.25) is 0 Å². The van der Waals surface area contributed by atoms with Crippen molar-refractivity contribution in [3.05, 3.63) is 0 Å². The first kappa shape index (κ1) is 17.7. The molecule has 0 aromatic heterocycles. The maximum atomic E-state index is 12.8. The van der Waals surface area contributed by atoms with Crippen molar-refractivity contribution in [1.82, 2.24) is 10.2 Å². The van der Waals surface area contributed by atoms with Crippen LogP contribution in [0.15, 0.2) is 0 Å². The lowest BCUT2D eigenvalue weighted by molar-refractivity contribution is -0.136. The Bertz CT molecular complexity index is 359. The van der Waals surface area contributed by atoms with Gasteiger partial charge in [-0.25, -0.2) is 0 Å². The van der Waals surface area contributed by atoms with Gasteiger partial charge in [0.25, 0.3) is 0 Å². The summed E-state index contributed by atoms with van der Waals surface area (Å²) in [7, 11) is 0. The van der Waals surface area contributed by atoms with E-state index in [-0.39, 0.29) is 42.2 Å². The first-order valence-corrected chi connectivity index (χ1v) is 8.70. The van der Waals surface area contributed by atoms with E-state index in [1.54, 1.807) is 0 Å². The number of morpholine rings is 1. The van der Waals surface area contributed by atoms with Crippen LogP contribution in [-0.2, 0) is 14.3 Å². The van der Waals surface area contributed by atoms with E-state index < -0.39 is 0 Å². The number of hydrogen-bond acceptors (Lipinski definition) is 4. The molecule has 0 aliphatic carbocycles. The molecule has 22 heavy (non-hydrogen) atoms. The van der Waals surface area contributed by atoms with Gasteiger partial charge in [0, 0.05) is 19.7 Å². The smallest absolute Gasteiger partial charge is 0.237 e. The molecule has 0 radical (unpaired) electrons. The van der Waals surface area contributed by atoms with Gasteiger partial charge in [-0.15, -0.1) is 0 Å². The topological polar surface area (TPSA) is 50.8 Å². The lowest BCUT2D eigenvalue weighted by Crippen LogP contribution is -2.58. The number of carbonyl (C=O) groups is 1. The van der Waals surface area contributed by atoms with E-state index in [9.17, 15) is 4.79 Å². The van der Waals surface area contributed by atoms with E-state index in [0.717, 1.165) is 32.5 Å². The average molecular weight is 312 g/mol. The van der Waals surface area contributed by atoms with E-state index in [1.807, 2.05) is 0 Å². The summed E-state index contributed by atoms with van der Waals surface area (Å²) in [5.41, 5.74) is 0. The number of nitrogens with zero attached hydrogens (tertiary/aromatic N) is 1. The Kier molecular flexibility index (Phi) is 6.24. The van der Waals surface area contributed by atoms with Gasteiger partial charge in [0.05, 0.1) is 30.4 Å². The van der Waals surface area contributed by atoms with Crippen LogP contribution in [0.3, 0.4) is 0 Å². The van der Waals surface area contributed by atoms with Crippen molar-refractivity contribution in [1.29, 1.82) is 0 Å². The predicted octanol–water partition coefficient (Wildman–Crippen LogP) is 1.80. The summed E-state index contributed by atoms with van der Waals surface area (Å²) < 4.78 is 11.5. The molecule has 0 aromatic rings. The highest BCUT2D eigenvalue weighted by Gasteiger charge is 2.35. The molecule has 5 unspecified atom stereocenters. The van der Waals surface area contributed by atoms with Gasteiger partial charge in [-0.3, -0.25) is 9.69 Å². The summed E-state index contributed by atoms with van der Waals surface area (Å²) in [6.45, 7) is 12.9. The molecule has 2 heterocycles. The Morgan fingerprint density at radius 2 is 1.82 bits per heavy atom. The summed E-state index contributed by atoms with van der Waals surface area (Å²) >= 11 is 0. The van der Waals surface area contributed by atoms with Gasteiger partial charge >= 0.3 is 0 Å². The second-order valence-electron chi connectivity index (χ2n) is 7.25. The van der Waals surface area contributed by atoms with Gasteiger partial charge in [-0.05, 0) is 39.5 Å². The second-order valence-corrected chi connectivity index (χ2v) is 7.25. The molecule has 0 saturated carbocycles. The van der Waals surface area contributed by atoms with Crippen molar-refractivity contribution in [2.24, 2.45) is 5.92 Å². The maximum Gasteiger partial charge on any atom is 0.237 e. The third-order valence-corrected chi connectivity index (χ3v) is 4.63. The number of ether oxygens (including phenoxy) is 2. The van der Waals surface area contributed by atoms with E-state index in [1.165, 1.54) is 0 Å². The third-order valence-electron chi connectivity index (χ3n) is 4.63. The summed E-state index contributed by atoms with van der Waals surface area (Å²) in [5.74, 6) is 0.397. The first-order valence-electron chi connectivity index (χ1n) is 8.70. The quantitative estimate of drug-likeness (QED) is 0.841. The van der Waals surface area contributed by atoms with Crippen LogP contribution in [0.25, 0.3) is 0 Å². The molecule has 2 fully saturated rings. The molecule has 0 spiro atoms. The molecule has 128 valence electrons. The molecule has 1 N–H and O–H groups in total. The van der Waals surface area contributed by atoms with E-state index in [0.29, 0.717) is 0 Å². The maximum absolute atomic E-state index is 12.8. The van der Waals surface area contributed by atoms with Crippen LogP contribution in [-0.4, -0.2) is 60.9 Å². The Morgan fingerprint density at radius 3 is 2.32 bits per heavy atom. The minimum Gasteiger partial charge on any atom is -0.376 e. The highest BCUT2D eigenvalue weighted by Crippen LogP contribution is 2.20. The molecule has 2 aliphatic rings. The molecule has 2 saturated heterocycles. The van der Waals surface area contributed by atoms with Crippen LogP contribution >= 0.6 is 0 Å². The minimum atomic E-state index is -0.0994. The molecule has 0 bridgehead atoms. The Hall–Kier alpha value is -0.650. The number of nitrogens with one attached hydrogen (secondary N) is 1. The highest BCUT2D eigenvalue weighted by molar-refractivity contribution is 5.82. The van der Waals surface area contributed by atoms with Crippen LogP contribution < -0.4 is 5.32 Å². The number of hydrogen-bond donors (Lipinski definition) is 1. The fraction of sp³-hybridized carbons (Fsp3) is 0.941. The Morgan fingerprint density at radius 1 is 1.18 bits per heavy atom. The summed E-state index contributed by atoms with van der Waals surface area (Å²) in [6, 6.07) is -0.0233. The monoisotopic (exact) mass is 312 g/mol. The van der Waals surface area contributed by atoms with Crippen molar-refractivity contribution in [3.8, 4) is 0 Å². The zero-order valence-corrected chi connectivity index (χ0v) is 14.7. The van der Waals surface area contributed by atoms with E-state index in [4.69, 9.17) is 9.47 Å². The molecular weight excluding hydrogens is 280 g/mol.